The van der Waals surface area contributed by atoms with E-state index in [1.807, 2.05) is 13.0 Å². The molecule has 0 bridgehead atoms. The van der Waals surface area contributed by atoms with Crippen LogP contribution in [0.15, 0.2) is 36.7 Å². The molecular formula is C15H13ClN2O2. The Balaban J connectivity index is 1.93. The Hall–Kier alpha value is -2.07. The first-order valence-electron chi connectivity index (χ1n) is 6.34. The number of nitrogens with zero attached hydrogens (tertiary/aromatic N) is 1. The minimum absolute atomic E-state index is 0.0633. The van der Waals surface area contributed by atoms with Gasteiger partial charge in [-0.15, -0.1) is 0 Å². The van der Waals surface area contributed by atoms with Crippen LogP contribution in [0.3, 0.4) is 0 Å². The number of ether oxygens (including phenoxy) is 1. The summed E-state index contributed by atoms with van der Waals surface area (Å²) in [5.74, 6) is 0.383. The van der Waals surface area contributed by atoms with E-state index in [9.17, 15) is 4.79 Å². The number of amides is 1. The molecule has 1 aliphatic rings. The largest absolute Gasteiger partial charge is 0.489 e. The van der Waals surface area contributed by atoms with Crippen molar-refractivity contribution in [2.24, 2.45) is 0 Å². The highest BCUT2D eigenvalue weighted by molar-refractivity contribution is 6.31. The number of rotatable bonds is 2. The van der Waals surface area contributed by atoms with Crippen molar-refractivity contribution >= 4 is 23.2 Å². The Labute approximate surface area is 121 Å². The van der Waals surface area contributed by atoms with E-state index in [1.54, 1.807) is 30.6 Å². The van der Waals surface area contributed by atoms with Crippen LogP contribution >= 0.6 is 11.6 Å². The van der Waals surface area contributed by atoms with Crippen molar-refractivity contribution in [3.05, 3.63) is 52.8 Å². The number of aromatic nitrogens is 1. The van der Waals surface area contributed by atoms with Gasteiger partial charge < -0.3 is 10.1 Å². The molecule has 1 aliphatic heterocycles. The lowest BCUT2D eigenvalue weighted by Crippen LogP contribution is -2.14. The predicted octanol–water partition coefficient (Wildman–Crippen LogP) is 3.31. The van der Waals surface area contributed by atoms with Gasteiger partial charge in [-0.2, -0.15) is 0 Å². The minimum Gasteiger partial charge on any atom is -0.489 e. The molecule has 0 spiro atoms. The van der Waals surface area contributed by atoms with Crippen molar-refractivity contribution in [2.75, 3.05) is 5.32 Å². The zero-order valence-electron chi connectivity index (χ0n) is 10.9. The molecule has 0 saturated heterocycles. The van der Waals surface area contributed by atoms with Crippen molar-refractivity contribution in [2.45, 2.75) is 19.4 Å². The summed E-state index contributed by atoms with van der Waals surface area (Å²) in [6.07, 6.45) is 4.07. The Morgan fingerprint density at radius 3 is 3.10 bits per heavy atom. The first kappa shape index (κ1) is 12.9. The fourth-order valence-corrected chi connectivity index (χ4v) is 2.54. The monoisotopic (exact) mass is 288 g/mol. The van der Waals surface area contributed by atoms with Crippen LogP contribution in [0.4, 0.5) is 5.69 Å². The molecule has 1 N–H and O–H groups in total. The lowest BCUT2D eigenvalue weighted by molar-refractivity contribution is 0.102. The van der Waals surface area contributed by atoms with Gasteiger partial charge in [-0.1, -0.05) is 11.6 Å². The summed E-state index contributed by atoms with van der Waals surface area (Å²) in [5, 5.41) is 3.33. The first-order chi connectivity index (χ1) is 9.63. The number of anilines is 1. The van der Waals surface area contributed by atoms with E-state index in [2.05, 4.69) is 10.3 Å². The van der Waals surface area contributed by atoms with Crippen molar-refractivity contribution in [3.63, 3.8) is 0 Å². The number of nitrogens with one attached hydrogen (secondary N) is 1. The molecule has 0 saturated carbocycles. The molecule has 1 aromatic heterocycles. The van der Waals surface area contributed by atoms with Gasteiger partial charge in [-0.25, -0.2) is 0 Å². The van der Waals surface area contributed by atoms with E-state index in [0.29, 0.717) is 22.0 Å². The molecule has 2 heterocycles. The lowest BCUT2D eigenvalue weighted by Gasteiger charge is -2.10. The third-order valence-electron chi connectivity index (χ3n) is 3.12. The number of hydrogen-bond donors (Lipinski definition) is 1. The van der Waals surface area contributed by atoms with Gasteiger partial charge in [0, 0.05) is 23.2 Å². The van der Waals surface area contributed by atoms with E-state index in [-0.39, 0.29) is 12.0 Å². The van der Waals surface area contributed by atoms with E-state index < -0.39 is 0 Å². The van der Waals surface area contributed by atoms with Crippen molar-refractivity contribution in [1.29, 1.82) is 0 Å². The smallest absolute Gasteiger partial charge is 0.259 e. The van der Waals surface area contributed by atoms with Crippen LogP contribution < -0.4 is 10.1 Å². The molecule has 1 amide bonds. The number of hydrogen-bond acceptors (Lipinski definition) is 3. The van der Waals surface area contributed by atoms with Crippen LogP contribution in [0, 0.1) is 0 Å². The van der Waals surface area contributed by atoms with Gasteiger partial charge in [0.15, 0.2) is 0 Å². The van der Waals surface area contributed by atoms with E-state index in [0.717, 1.165) is 12.0 Å². The highest BCUT2D eigenvalue weighted by Gasteiger charge is 2.26. The molecule has 0 radical (unpaired) electrons. The number of fused-ring (bicyclic) bond motifs is 1. The number of carbonyl (C=O) groups is 1. The quantitative estimate of drug-likeness (QED) is 0.922. The molecular weight excluding hydrogens is 276 g/mol. The van der Waals surface area contributed by atoms with Gasteiger partial charge in [0.1, 0.15) is 11.9 Å². The maximum Gasteiger partial charge on any atom is 0.259 e. The molecule has 1 aromatic carbocycles. The van der Waals surface area contributed by atoms with Gasteiger partial charge in [0.25, 0.3) is 5.91 Å². The summed E-state index contributed by atoms with van der Waals surface area (Å²) >= 11 is 6.08. The third kappa shape index (κ3) is 2.47. The SMILES string of the molecule is C[C@@H]1Cc2cc(Cl)cc(C(=O)Nc3cccnc3)c2O1. The molecule has 20 heavy (non-hydrogen) atoms. The van der Waals surface area contributed by atoms with Crippen LogP contribution in [0.25, 0.3) is 0 Å². The van der Waals surface area contributed by atoms with Gasteiger partial charge in [-0.3, -0.25) is 9.78 Å². The minimum atomic E-state index is -0.245. The number of halogens is 1. The standard InChI is InChI=1S/C15H13ClN2O2/c1-9-5-10-6-11(16)7-13(14(10)20-9)15(19)18-12-3-2-4-17-8-12/h2-4,6-9H,5H2,1H3,(H,18,19)/t9-/m1/s1. The number of carbonyl (C=O) groups excluding carboxylic acids is 1. The average Bonchev–Trinajstić information content (AvgIpc) is 2.78. The maximum atomic E-state index is 12.4. The highest BCUT2D eigenvalue weighted by Crippen LogP contribution is 2.35. The third-order valence-corrected chi connectivity index (χ3v) is 3.34. The average molecular weight is 289 g/mol. The Morgan fingerprint density at radius 1 is 1.50 bits per heavy atom. The predicted molar refractivity (Wildman–Crippen MR) is 77.4 cm³/mol. The summed E-state index contributed by atoms with van der Waals surface area (Å²) in [7, 11) is 0. The fourth-order valence-electron chi connectivity index (χ4n) is 2.30. The van der Waals surface area contributed by atoms with Gasteiger partial charge in [0.05, 0.1) is 17.4 Å². The van der Waals surface area contributed by atoms with E-state index >= 15 is 0 Å². The zero-order valence-corrected chi connectivity index (χ0v) is 11.6. The second-order valence-corrected chi connectivity index (χ2v) is 5.21. The molecule has 0 unspecified atom stereocenters. The molecule has 2 aromatic rings. The topological polar surface area (TPSA) is 51.2 Å². The summed E-state index contributed by atoms with van der Waals surface area (Å²) in [4.78, 5) is 16.3. The molecule has 4 nitrogen and oxygen atoms in total. The Kier molecular flexibility index (Phi) is 3.32. The molecule has 102 valence electrons. The summed E-state index contributed by atoms with van der Waals surface area (Å²) in [5.41, 5.74) is 2.07. The number of pyridine rings is 1. The molecule has 3 rings (SSSR count). The van der Waals surface area contributed by atoms with E-state index in [4.69, 9.17) is 16.3 Å². The van der Waals surface area contributed by atoms with Gasteiger partial charge in [-0.05, 0) is 31.2 Å². The van der Waals surface area contributed by atoms with Crippen molar-refractivity contribution < 1.29 is 9.53 Å². The lowest BCUT2D eigenvalue weighted by atomic mass is 10.1. The summed E-state index contributed by atoms with van der Waals surface area (Å²) < 4.78 is 5.72. The first-order valence-corrected chi connectivity index (χ1v) is 6.72. The highest BCUT2D eigenvalue weighted by atomic mass is 35.5. The molecule has 0 aliphatic carbocycles. The summed E-state index contributed by atoms with van der Waals surface area (Å²) in [6, 6.07) is 7.01. The second-order valence-electron chi connectivity index (χ2n) is 4.77. The Morgan fingerprint density at radius 2 is 2.35 bits per heavy atom. The maximum absolute atomic E-state index is 12.4. The van der Waals surface area contributed by atoms with Crippen LogP contribution in [-0.4, -0.2) is 17.0 Å². The second kappa shape index (κ2) is 5.13. The fraction of sp³-hybridized carbons (Fsp3) is 0.200. The molecule has 5 heteroatoms. The van der Waals surface area contributed by atoms with Crippen LogP contribution in [0.2, 0.25) is 5.02 Å². The Bertz CT molecular complexity index is 658. The molecule has 0 fully saturated rings. The van der Waals surface area contributed by atoms with Gasteiger partial charge >= 0.3 is 0 Å². The number of benzene rings is 1. The van der Waals surface area contributed by atoms with Crippen molar-refractivity contribution in [3.8, 4) is 5.75 Å². The normalized spacial score (nSPS) is 16.4. The zero-order chi connectivity index (χ0) is 14.1. The van der Waals surface area contributed by atoms with Crippen LogP contribution in [-0.2, 0) is 6.42 Å². The van der Waals surface area contributed by atoms with E-state index in [1.165, 1.54) is 0 Å². The van der Waals surface area contributed by atoms with Crippen molar-refractivity contribution in [1.82, 2.24) is 4.98 Å². The van der Waals surface area contributed by atoms with Gasteiger partial charge in [0.2, 0.25) is 0 Å². The van der Waals surface area contributed by atoms with Crippen LogP contribution in [0.1, 0.15) is 22.8 Å². The summed E-state index contributed by atoms with van der Waals surface area (Å²) in [6.45, 7) is 1.97. The molecule has 1 atom stereocenters. The van der Waals surface area contributed by atoms with Crippen LogP contribution in [0.5, 0.6) is 5.75 Å².